The number of hydrogen-bond donors (Lipinski definition) is 1. The molecule has 6 nitrogen and oxygen atoms in total. The van der Waals surface area contributed by atoms with Crippen LogP contribution >= 0.6 is 0 Å². The van der Waals surface area contributed by atoms with Crippen molar-refractivity contribution in [2.24, 2.45) is 0 Å². The van der Waals surface area contributed by atoms with Gasteiger partial charge in [-0.2, -0.15) is 0 Å². The van der Waals surface area contributed by atoms with Crippen LogP contribution in [0, 0.1) is 0 Å². The average Bonchev–Trinajstić information content (AvgIpc) is 3.10. The number of hydrogen-bond acceptors (Lipinski definition) is 6. The summed E-state index contributed by atoms with van der Waals surface area (Å²) in [5.74, 6) is 0.607. The lowest BCUT2D eigenvalue weighted by atomic mass is 10.2. The molecule has 0 aliphatic rings. The summed E-state index contributed by atoms with van der Waals surface area (Å²) < 4.78 is 52.3. The molecule has 0 aliphatic carbocycles. The molecule has 29 heavy (non-hydrogen) atoms. The van der Waals surface area contributed by atoms with Gasteiger partial charge in [-0.3, -0.25) is 4.98 Å². The van der Waals surface area contributed by atoms with Gasteiger partial charge >= 0.3 is 6.36 Å². The van der Waals surface area contributed by atoms with Gasteiger partial charge in [-0.1, -0.05) is 23.4 Å². The Kier molecular flexibility index (Phi) is 4.94. The summed E-state index contributed by atoms with van der Waals surface area (Å²) in [6, 6.07) is 14.4. The molecular weight excluding hydrogens is 387 g/mol. The molecule has 4 aromatic rings. The van der Waals surface area contributed by atoms with Gasteiger partial charge in [-0.05, 0) is 42.0 Å². The highest BCUT2D eigenvalue weighted by atomic mass is 19.4. The molecule has 0 spiro atoms. The summed E-state index contributed by atoms with van der Waals surface area (Å²) in [5.41, 5.74) is 1.74. The lowest BCUT2D eigenvalue weighted by Crippen LogP contribution is -2.17. The molecule has 0 bridgehead atoms. The van der Waals surface area contributed by atoms with E-state index in [1.165, 1.54) is 18.2 Å². The van der Waals surface area contributed by atoms with Crippen molar-refractivity contribution in [2.45, 2.75) is 13.0 Å². The van der Waals surface area contributed by atoms with E-state index in [0.29, 0.717) is 28.1 Å². The van der Waals surface area contributed by atoms with E-state index >= 15 is 0 Å². The van der Waals surface area contributed by atoms with Gasteiger partial charge in [0.1, 0.15) is 23.5 Å². The molecule has 2 heterocycles. The number of alkyl halides is 3. The van der Waals surface area contributed by atoms with E-state index in [-0.39, 0.29) is 12.4 Å². The van der Waals surface area contributed by atoms with Crippen LogP contribution in [0.25, 0.3) is 11.0 Å². The van der Waals surface area contributed by atoms with E-state index in [4.69, 9.17) is 9.26 Å². The number of ether oxygens (including phenoxy) is 2. The van der Waals surface area contributed by atoms with E-state index in [1.807, 2.05) is 6.07 Å². The lowest BCUT2D eigenvalue weighted by Gasteiger charge is -2.11. The highest BCUT2D eigenvalue weighted by Gasteiger charge is 2.31. The van der Waals surface area contributed by atoms with Crippen LogP contribution in [-0.4, -0.2) is 16.5 Å². The largest absolute Gasteiger partial charge is 0.573 e. The van der Waals surface area contributed by atoms with E-state index in [0.717, 1.165) is 5.69 Å². The average molecular weight is 401 g/mol. The minimum Gasteiger partial charge on any atom is -0.488 e. The first-order valence-electron chi connectivity index (χ1n) is 8.51. The minimum atomic E-state index is -4.75. The van der Waals surface area contributed by atoms with Crippen molar-refractivity contribution in [2.75, 3.05) is 5.32 Å². The van der Waals surface area contributed by atoms with Gasteiger partial charge in [0.2, 0.25) is 0 Å². The molecule has 0 unspecified atom stereocenters. The summed E-state index contributed by atoms with van der Waals surface area (Å²) in [6.07, 6.45) is -1.46. The molecule has 0 saturated carbocycles. The number of rotatable bonds is 6. The number of pyridine rings is 1. The summed E-state index contributed by atoms with van der Waals surface area (Å²) in [6.45, 7) is 0.0334. The van der Waals surface area contributed by atoms with Gasteiger partial charge in [-0.25, -0.2) is 0 Å². The van der Waals surface area contributed by atoms with E-state index in [9.17, 15) is 13.2 Å². The van der Waals surface area contributed by atoms with Crippen LogP contribution in [0.15, 0.2) is 71.5 Å². The Morgan fingerprint density at radius 3 is 2.69 bits per heavy atom. The zero-order valence-electron chi connectivity index (χ0n) is 14.8. The molecule has 9 heteroatoms. The van der Waals surface area contributed by atoms with E-state index in [1.54, 1.807) is 42.7 Å². The Hall–Kier alpha value is -3.75. The third-order valence-corrected chi connectivity index (χ3v) is 3.91. The third kappa shape index (κ3) is 4.57. The molecule has 0 atom stereocenters. The van der Waals surface area contributed by atoms with Crippen molar-refractivity contribution in [1.29, 1.82) is 0 Å². The predicted molar refractivity (Wildman–Crippen MR) is 99.0 cm³/mol. The fraction of sp³-hybridized carbons (Fsp3) is 0.100. The zero-order chi connectivity index (χ0) is 20.3. The van der Waals surface area contributed by atoms with Gasteiger partial charge in [0.15, 0.2) is 11.4 Å². The Labute approximate surface area is 162 Å². The number of anilines is 2. The summed E-state index contributed by atoms with van der Waals surface area (Å²) in [7, 11) is 0. The number of nitrogens with zero attached hydrogens (tertiary/aromatic N) is 2. The normalized spacial score (nSPS) is 11.4. The van der Waals surface area contributed by atoms with Crippen LogP contribution in [0.4, 0.5) is 24.7 Å². The van der Waals surface area contributed by atoms with Crippen molar-refractivity contribution in [1.82, 2.24) is 10.1 Å². The summed E-state index contributed by atoms with van der Waals surface area (Å²) in [4.78, 5) is 4.03. The third-order valence-electron chi connectivity index (χ3n) is 3.91. The quantitative estimate of drug-likeness (QED) is 0.464. The summed E-state index contributed by atoms with van der Waals surface area (Å²) >= 11 is 0. The van der Waals surface area contributed by atoms with Crippen molar-refractivity contribution >= 4 is 22.5 Å². The SMILES string of the molecule is FC(F)(F)Oc1cccc(COc2cccc3onc(Nc4cccnc4)c23)c1. The molecule has 0 radical (unpaired) electrons. The number of aromatic nitrogens is 2. The fourth-order valence-electron chi connectivity index (χ4n) is 2.73. The fourth-order valence-corrected chi connectivity index (χ4v) is 2.73. The monoisotopic (exact) mass is 401 g/mol. The van der Waals surface area contributed by atoms with Crippen LogP contribution < -0.4 is 14.8 Å². The van der Waals surface area contributed by atoms with Crippen LogP contribution in [0.2, 0.25) is 0 Å². The molecule has 0 amide bonds. The van der Waals surface area contributed by atoms with Crippen molar-refractivity contribution in [3.8, 4) is 11.5 Å². The van der Waals surface area contributed by atoms with Gasteiger partial charge in [0.05, 0.1) is 11.9 Å². The van der Waals surface area contributed by atoms with E-state index < -0.39 is 6.36 Å². The number of nitrogens with one attached hydrogen (secondary N) is 1. The molecule has 2 aromatic carbocycles. The second kappa shape index (κ2) is 7.70. The standard InChI is InChI=1S/C20H14F3N3O3/c21-20(22,23)28-15-6-1-4-13(10-15)12-27-16-7-2-8-17-18(16)19(26-29-17)25-14-5-3-9-24-11-14/h1-11H,12H2,(H,25,26). The Bertz CT molecular complexity index is 1110. The maximum Gasteiger partial charge on any atom is 0.573 e. The number of fused-ring (bicyclic) bond motifs is 1. The first-order valence-corrected chi connectivity index (χ1v) is 8.51. The Morgan fingerprint density at radius 1 is 1.03 bits per heavy atom. The van der Waals surface area contributed by atoms with Crippen LogP contribution in [-0.2, 0) is 6.61 Å². The molecule has 4 rings (SSSR count). The van der Waals surface area contributed by atoms with Crippen molar-refractivity contribution in [3.63, 3.8) is 0 Å². The molecule has 0 fully saturated rings. The second-order valence-corrected chi connectivity index (χ2v) is 6.01. The van der Waals surface area contributed by atoms with Gasteiger partial charge < -0.3 is 19.3 Å². The van der Waals surface area contributed by atoms with Crippen molar-refractivity contribution < 1.29 is 27.2 Å². The topological polar surface area (TPSA) is 69.4 Å². The van der Waals surface area contributed by atoms with E-state index in [2.05, 4.69) is 20.2 Å². The van der Waals surface area contributed by atoms with Crippen LogP contribution in [0.5, 0.6) is 11.5 Å². The Balaban J connectivity index is 1.56. The lowest BCUT2D eigenvalue weighted by molar-refractivity contribution is -0.274. The number of benzene rings is 2. The molecule has 2 aromatic heterocycles. The minimum absolute atomic E-state index is 0.0334. The maximum absolute atomic E-state index is 12.4. The van der Waals surface area contributed by atoms with Gasteiger partial charge in [-0.15, -0.1) is 13.2 Å². The van der Waals surface area contributed by atoms with Crippen LogP contribution in [0.1, 0.15) is 5.56 Å². The second-order valence-electron chi connectivity index (χ2n) is 6.01. The van der Waals surface area contributed by atoms with Gasteiger partial charge in [0.25, 0.3) is 0 Å². The first-order chi connectivity index (χ1) is 14.0. The molecule has 0 saturated heterocycles. The first kappa shape index (κ1) is 18.6. The number of halogens is 3. The highest BCUT2D eigenvalue weighted by molar-refractivity contribution is 5.95. The maximum atomic E-state index is 12.4. The molecule has 148 valence electrons. The Morgan fingerprint density at radius 2 is 1.90 bits per heavy atom. The molecule has 1 N–H and O–H groups in total. The zero-order valence-corrected chi connectivity index (χ0v) is 14.8. The highest BCUT2D eigenvalue weighted by Crippen LogP contribution is 2.34. The summed E-state index contributed by atoms with van der Waals surface area (Å²) in [5, 5.41) is 7.74. The smallest absolute Gasteiger partial charge is 0.488 e. The molecule has 0 aliphatic heterocycles. The van der Waals surface area contributed by atoms with Gasteiger partial charge in [0, 0.05) is 6.20 Å². The van der Waals surface area contributed by atoms with Crippen molar-refractivity contribution in [3.05, 3.63) is 72.6 Å². The predicted octanol–water partition coefficient (Wildman–Crippen LogP) is 5.44. The van der Waals surface area contributed by atoms with Crippen LogP contribution in [0.3, 0.4) is 0 Å². The molecular formula is C20H14F3N3O3.